The van der Waals surface area contributed by atoms with Crippen LogP contribution in [0.15, 0.2) is 6.20 Å². The smallest absolute Gasteiger partial charge is 0.0747 e. The van der Waals surface area contributed by atoms with E-state index in [1.807, 2.05) is 6.92 Å². The van der Waals surface area contributed by atoms with Gasteiger partial charge in [0.2, 0.25) is 0 Å². The van der Waals surface area contributed by atoms with Crippen molar-refractivity contribution in [3.05, 3.63) is 17.5 Å². The Kier molecular flexibility index (Phi) is 1.05. The molecule has 0 aliphatic heterocycles. The molecule has 1 rings (SSSR count). The van der Waals surface area contributed by atoms with E-state index < -0.39 is 0 Å². The van der Waals surface area contributed by atoms with Crippen molar-refractivity contribution in [1.82, 2.24) is 10.2 Å². The molecule has 8 heavy (non-hydrogen) atoms. The van der Waals surface area contributed by atoms with E-state index in [9.17, 15) is 0 Å². The molecule has 0 unspecified atom stereocenters. The van der Waals surface area contributed by atoms with Gasteiger partial charge in [0.15, 0.2) is 0 Å². The van der Waals surface area contributed by atoms with Gasteiger partial charge in [-0.25, -0.2) is 0 Å². The van der Waals surface area contributed by atoms with Gasteiger partial charge < -0.3 is 0 Å². The summed E-state index contributed by atoms with van der Waals surface area (Å²) in [7, 11) is 0. The number of rotatable bonds is 0. The lowest BCUT2D eigenvalue weighted by Crippen LogP contribution is -1.72. The van der Waals surface area contributed by atoms with E-state index in [-0.39, 0.29) is 0 Å². The van der Waals surface area contributed by atoms with Crippen LogP contribution in [0.1, 0.15) is 11.3 Å². The van der Waals surface area contributed by atoms with E-state index in [2.05, 4.69) is 16.1 Å². The molecule has 0 aliphatic rings. The average Bonchev–Trinajstić information content (AvgIpc) is 2.14. The predicted octanol–water partition coefficient (Wildman–Crippen LogP) is 0.699. The van der Waals surface area contributed by atoms with Gasteiger partial charge in [0.05, 0.1) is 11.3 Å². The second kappa shape index (κ2) is 1.71. The van der Waals surface area contributed by atoms with Gasteiger partial charge in [-0.3, -0.25) is 5.10 Å². The van der Waals surface area contributed by atoms with E-state index in [0.29, 0.717) is 0 Å². The number of hydrogen-bond acceptors (Lipinski definition) is 1. The molecule has 0 amide bonds. The van der Waals surface area contributed by atoms with E-state index in [4.69, 9.17) is 6.42 Å². The van der Waals surface area contributed by atoms with Crippen LogP contribution in [0.5, 0.6) is 0 Å². The molecule has 0 radical (unpaired) electrons. The van der Waals surface area contributed by atoms with Crippen LogP contribution >= 0.6 is 0 Å². The summed E-state index contributed by atoms with van der Waals surface area (Å²) in [6, 6.07) is 0. The molecule has 0 aliphatic carbocycles. The van der Waals surface area contributed by atoms with Gasteiger partial charge in [0.25, 0.3) is 0 Å². The number of aromatic nitrogens is 2. The maximum Gasteiger partial charge on any atom is 0.0747 e. The van der Waals surface area contributed by atoms with E-state index in [1.54, 1.807) is 6.20 Å². The number of nitrogens with one attached hydrogen (secondary N) is 1. The van der Waals surface area contributed by atoms with Crippen molar-refractivity contribution >= 4 is 0 Å². The summed E-state index contributed by atoms with van der Waals surface area (Å²) >= 11 is 0. The molecule has 1 N–H and O–H groups in total. The first-order valence-electron chi connectivity index (χ1n) is 2.31. The standard InChI is InChI=1S/C6H6N2/c1-3-6-4-7-8-5(6)2/h1,4H,2H3,(H,7,8). The first-order valence-corrected chi connectivity index (χ1v) is 2.31. The fraction of sp³-hybridized carbons (Fsp3) is 0.167. The van der Waals surface area contributed by atoms with E-state index >= 15 is 0 Å². The fourth-order valence-corrected chi connectivity index (χ4v) is 0.504. The first-order chi connectivity index (χ1) is 3.84. The van der Waals surface area contributed by atoms with Gasteiger partial charge >= 0.3 is 0 Å². The van der Waals surface area contributed by atoms with Crippen molar-refractivity contribution in [2.75, 3.05) is 0 Å². The van der Waals surface area contributed by atoms with E-state index in [0.717, 1.165) is 11.3 Å². The minimum Gasteiger partial charge on any atom is -0.284 e. The highest BCUT2D eigenvalue weighted by molar-refractivity contribution is 5.32. The first kappa shape index (κ1) is 4.92. The maximum absolute atomic E-state index is 5.09. The summed E-state index contributed by atoms with van der Waals surface area (Å²) in [5, 5.41) is 6.48. The molecule has 0 fully saturated rings. The van der Waals surface area contributed by atoms with Crippen molar-refractivity contribution in [1.29, 1.82) is 0 Å². The highest BCUT2D eigenvalue weighted by Gasteiger charge is 1.91. The third-order valence-electron chi connectivity index (χ3n) is 0.986. The quantitative estimate of drug-likeness (QED) is 0.484. The van der Waals surface area contributed by atoms with Crippen LogP contribution in [0.4, 0.5) is 0 Å². The molecule has 1 aromatic heterocycles. The Hall–Kier alpha value is -1.23. The SMILES string of the molecule is C#Cc1c[nH]nc1C. The summed E-state index contributed by atoms with van der Waals surface area (Å²) in [5.41, 5.74) is 1.72. The monoisotopic (exact) mass is 106 g/mol. The zero-order chi connectivity index (χ0) is 5.98. The Labute approximate surface area is 47.9 Å². The zero-order valence-corrected chi connectivity index (χ0v) is 4.60. The van der Waals surface area contributed by atoms with Crippen LogP contribution in [-0.4, -0.2) is 10.2 Å². The van der Waals surface area contributed by atoms with Gasteiger partial charge in [-0.2, -0.15) is 5.10 Å². The molecule has 0 atom stereocenters. The van der Waals surface area contributed by atoms with Crippen LogP contribution in [0.2, 0.25) is 0 Å². The topological polar surface area (TPSA) is 28.7 Å². The van der Waals surface area contributed by atoms with Gasteiger partial charge in [-0.15, -0.1) is 6.42 Å². The Morgan fingerprint density at radius 2 is 2.62 bits per heavy atom. The molecular formula is C6H6N2. The average molecular weight is 106 g/mol. The lowest BCUT2D eigenvalue weighted by molar-refractivity contribution is 1.05. The maximum atomic E-state index is 5.09. The van der Waals surface area contributed by atoms with Crippen molar-refractivity contribution in [2.24, 2.45) is 0 Å². The number of H-pyrrole nitrogens is 1. The molecule has 0 aromatic carbocycles. The minimum atomic E-state index is 0.838. The fourth-order valence-electron chi connectivity index (χ4n) is 0.504. The molecule has 0 bridgehead atoms. The van der Waals surface area contributed by atoms with Crippen LogP contribution in [-0.2, 0) is 0 Å². The molecule has 0 saturated carbocycles. The van der Waals surface area contributed by atoms with Gasteiger partial charge in [0, 0.05) is 6.20 Å². The third kappa shape index (κ3) is 0.584. The lowest BCUT2D eigenvalue weighted by Gasteiger charge is -1.76. The molecule has 2 nitrogen and oxygen atoms in total. The highest BCUT2D eigenvalue weighted by Crippen LogP contribution is 1.97. The second-order valence-electron chi connectivity index (χ2n) is 1.53. The Bertz CT molecular complexity index is 217. The zero-order valence-electron chi connectivity index (χ0n) is 4.60. The number of aryl methyl sites for hydroxylation is 1. The minimum absolute atomic E-state index is 0.838. The molecule has 2 heteroatoms. The van der Waals surface area contributed by atoms with Crippen LogP contribution < -0.4 is 0 Å². The Morgan fingerprint density at radius 3 is 2.88 bits per heavy atom. The summed E-state index contributed by atoms with van der Waals surface area (Å²) in [5.74, 6) is 2.48. The van der Waals surface area contributed by atoms with Crippen molar-refractivity contribution in [3.63, 3.8) is 0 Å². The van der Waals surface area contributed by atoms with Crippen LogP contribution in [0, 0.1) is 19.3 Å². The van der Waals surface area contributed by atoms with Crippen LogP contribution in [0.25, 0.3) is 0 Å². The lowest BCUT2D eigenvalue weighted by atomic mass is 10.3. The van der Waals surface area contributed by atoms with E-state index in [1.165, 1.54) is 0 Å². The highest BCUT2D eigenvalue weighted by atomic mass is 15.1. The van der Waals surface area contributed by atoms with Gasteiger partial charge in [-0.1, -0.05) is 5.92 Å². The molecule has 0 spiro atoms. The van der Waals surface area contributed by atoms with Gasteiger partial charge in [0.1, 0.15) is 0 Å². The summed E-state index contributed by atoms with van der Waals surface area (Å²) in [6.07, 6.45) is 6.79. The normalized spacial score (nSPS) is 8.50. The van der Waals surface area contributed by atoms with Crippen molar-refractivity contribution < 1.29 is 0 Å². The molecule has 40 valence electrons. The second-order valence-corrected chi connectivity index (χ2v) is 1.53. The Morgan fingerprint density at radius 1 is 1.88 bits per heavy atom. The summed E-state index contributed by atoms with van der Waals surface area (Å²) < 4.78 is 0. The van der Waals surface area contributed by atoms with Crippen LogP contribution in [0.3, 0.4) is 0 Å². The number of terminal acetylenes is 1. The van der Waals surface area contributed by atoms with Crippen molar-refractivity contribution in [2.45, 2.75) is 6.92 Å². The molecule has 1 aromatic rings. The Balaban J connectivity index is 3.15. The predicted molar refractivity (Wildman–Crippen MR) is 31.3 cm³/mol. The molecule has 0 saturated heterocycles. The number of aromatic amines is 1. The third-order valence-corrected chi connectivity index (χ3v) is 0.986. The largest absolute Gasteiger partial charge is 0.284 e. The number of hydrogen-bond donors (Lipinski definition) is 1. The summed E-state index contributed by atoms with van der Waals surface area (Å²) in [6.45, 7) is 1.87. The summed E-state index contributed by atoms with van der Waals surface area (Å²) in [4.78, 5) is 0. The van der Waals surface area contributed by atoms with Crippen molar-refractivity contribution in [3.8, 4) is 12.3 Å². The van der Waals surface area contributed by atoms with Gasteiger partial charge in [-0.05, 0) is 6.92 Å². The molecular weight excluding hydrogens is 100 g/mol. The number of nitrogens with zero attached hydrogens (tertiary/aromatic N) is 1. The molecule has 1 heterocycles.